The van der Waals surface area contributed by atoms with E-state index in [0.29, 0.717) is 12.4 Å². The smallest absolute Gasteiger partial charge is 0.160 e. The maximum atomic E-state index is 5.37. The first-order valence-electron chi connectivity index (χ1n) is 8.74. The van der Waals surface area contributed by atoms with Crippen LogP contribution >= 0.6 is 0 Å². The molecule has 0 saturated carbocycles. The van der Waals surface area contributed by atoms with Crippen molar-refractivity contribution in [3.8, 4) is 11.5 Å². The molecule has 0 aliphatic heterocycles. The Morgan fingerprint density at radius 2 is 1.79 bits per heavy atom. The van der Waals surface area contributed by atoms with Gasteiger partial charge in [0.15, 0.2) is 5.84 Å². The highest BCUT2D eigenvalue weighted by Crippen LogP contribution is 2.27. The summed E-state index contributed by atoms with van der Waals surface area (Å²) < 4.78 is 10.6. The average molecular weight is 374 g/mol. The van der Waals surface area contributed by atoms with Crippen molar-refractivity contribution in [1.82, 2.24) is 4.98 Å². The minimum absolute atomic E-state index is 0.518. The van der Waals surface area contributed by atoms with Crippen molar-refractivity contribution in [3.63, 3.8) is 0 Å². The first-order valence-corrected chi connectivity index (χ1v) is 8.74. The number of nitrogens with one attached hydrogen (secondary N) is 1. The number of aromatic nitrogens is 1. The van der Waals surface area contributed by atoms with Gasteiger partial charge in [0, 0.05) is 35.8 Å². The summed E-state index contributed by atoms with van der Waals surface area (Å²) in [5.41, 5.74) is 3.54. The first kappa shape index (κ1) is 19.1. The molecule has 6 heteroatoms. The number of pyridine rings is 1. The van der Waals surface area contributed by atoms with Crippen LogP contribution in [0.5, 0.6) is 11.5 Å². The van der Waals surface area contributed by atoms with Gasteiger partial charge in [-0.1, -0.05) is 0 Å². The number of nitrogens with zero attached hydrogens (tertiary/aromatic N) is 3. The van der Waals surface area contributed by atoms with Gasteiger partial charge in [0.05, 0.1) is 19.9 Å². The number of hydrogen-bond acceptors (Lipinski definition) is 5. The number of aliphatic imine (C=N–C) groups is 2. The van der Waals surface area contributed by atoms with Gasteiger partial charge in [0.2, 0.25) is 0 Å². The molecule has 0 aliphatic rings. The van der Waals surface area contributed by atoms with Crippen LogP contribution in [0.1, 0.15) is 11.1 Å². The van der Waals surface area contributed by atoms with Gasteiger partial charge in [-0.15, -0.1) is 0 Å². The minimum atomic E-state index is 0.518. The lowest BCUT2D eigenvalue weighted by Gasteiger charge is -2.12. The summed E-state index contributed by atoms with van der Waals surface area (Å²) in [5, 5.41) is 3.40. The van der Waals surface area contributed by atoms with Crippen LogP contribution < -0.4 is 14.8 Å². The number of anilines is 1. The highest BCUT2D eigenvalue weighted by Gasteiger charge is 2.08. The monoisotopic (exact) mass is 374 g/mol. The maximum Gasteiger partial charge on any atom is 0.160 e. The molecule has 2 aromatic carbocycles. The molecule has 0 spiro atoms. The number of methoxy groups -OCH3 is 2. The predicted molar refractivity (Wildman–Crippen MR) is 113 cm³/mol. The Morgan fingerprint density at radius 3 is 2.43 bits per heavy atom. The van der Waals surface area contributed by atoms with E-state index in [2.05, 4.69) is 22.0 Å². The molecule has 0 unspecified atom stereocenters. The van der Waals surface area contributed by atoms with E-state index in [0.717, 1.165) is 34.0 Å². The third-order valence-electron chi connectivity index (χ3n) is 4.16. The second-order valence-electron chi connectivity index (χ2n) is 5.91. The molecule has 0 bridgehead atoms. The second-order valence-corrected chi connectivity index (χ2v) is 5.91. The van der Waals surface area contributed by atoms with E-state index in [9.17, 15) is 0 Å². The van der Waals surface area contributed by atoms with E-state index < -0.39 is 0 Å². The van der Waals surface area contributed by atoms with Crippen LogP contribution in [-0.2, 0) is 6.54 Å². The molecule has 0 radical (unpaired) electrons. The van der Waals surface area contributed by atoms with Gasteiger partial charge in [-0.2, -0.15) is 0 Å². The summed E-state index contributed by atoms with van der Waals surface area (Å²) in [7, 11) is 3.29. The van der Waals surface area contributed by atoms with Crippen LogP contribution in [0.4, 0.5) is 11.4 Å². The number of ether oxygens (including phenoxy) is 2. The Morgan fingerprint density at radius 1 is 1.04 bits per heavy atom. The number of hydrogen-bond donors (Lipinski definition) is 1. The van der Waals surface area contributed by atoms with E-state index in [4.69, 9.17) is 14.5 Å². The van der Waals surface area contributed by atoms with E-state index in [1.165, 1.54) is 0 Å². The summed E-state index contributed by atoms with van der Waals surface area (Å²) >= 11 is 0. The van der Waals surface area contributed by atoms with Crippen molar-refractivity contribution < 1.29 is 9.47 Å². The van der Waals surface area contributed by atoms with Crippen molar-refractivity contribution in [3.05, 3.63) is 78.1 Å². The molecule has 1 N–H and O–H groups in total. The van der Waals surface area contributed by atoms with E-state index >= 15 is 0 Å². The summed E-state index contributed by atoms with van der Waals surface area (Å²) in [6.45, 7) is 4.22. The van der Waals surface area contributed by atoms with Crippen LogP contribution in [-0.4, -0.2) is 31.8 Å². The molecule has 0 aliphatic carbocycles. The lowest BCUT2D eigenvalue weighted by atomic mass is 10.1. The molecule has 1 heterocycles. The summed E-state index contributed by atoms with van der Waals surface area (Å²) in [4.78, 5) is 12.9. The first-order chi connectivity index (χ1) is 13.7. The zero-order valence-corrected chi connectivity index (χ0v) is 15.9. The molecule has 3 aromatic rings. The second kappa shape index (κ2) is 9.32. The van der Waals surface area contributed by atoms with Crippen molar-refractivity contribution in [1.29, 1.82) is 0 Å². The molecule has 0 atom stereocenters. The zero-order chi connectivity index (χ0) is 19.8. The minimum Gasteiger partial charge on any atom is -0.497 e. The van der Waals surface area contributed by atoms with E-state index in [1.54, 1.807) is 26.6 Å². The molecule has 0 saturated heterocycles. The van der Waals surface area contributed by atoms with E-state index in [-0.39, 0.29) is 0 Å². The van der Waals surface area contributed by atoms with Gasteiger partial charge in [-0.25, -0.2) is 9.98 Å². The Labute approximate surface area is 164 Å². The van der Waals surface area contributed by atoms with E-state index in [1.807, 2.05) is 54.6 Å². The molecular formula is C22H22N4O2. The molecule has 0 fully saturated rings. The van der Waals surface area contributed by atoms with Crippen LogP contribution in [0.2, 0.25) is 0 Å². The van der Waals surface area contributed by atoms with Crippen LogP contribution in [0, 0.1) is 0 Å². The molecule has 6 nitrogen and oxygen atoms in total. The van der Waals surface area contributed by atoms with Gasteiger partial charge < -0.3 is 14.8 Å². The normalized spacial score (nSPS) is 11.0. The highest BCUT2D eigenvalue weighted by molar-refractivity contribution is 6.02. The van der Waals surface area contributed by atoms with Crippen molar-refractivity contribution in [2.75, 3.05) is 19.5 Å². The standard InChI is InChI=1S/C22H22N4O2/c1-23-22(16-5-4-12-24-14-16)26-21-11-10-20(28-3)13-17(21)15-25-18-6-8-19(27-2)9-7-18/h4-14,25H,1,15H2,2-3H3/b26-22-. The summed E-state index contributed by atoms with van der Waals surface area (Å²) in [5.74, 6) is 2.10. The van der Waals surface area contributed by atoms with Crippen molar-refractivity contribution in [2.45, 2.75) is 6.54 Å². The third kappa shape index (κ3) is 4.73. The van der Waals surface area contributed by atoms with Gasteiger partial charge in [0.1, 0.15) is 11.5 Å². The fourth-order valence-electron chi connectivity index (χ4n) is 2.65. The number of amidine groups is 1. The average Bonchev–Trinajstić information content (AvgIpc) is 2.77. The summed E-state index contributed by atoms with van der Waals surface area (Å²) in [6.07, 6.45) is 3.42. The van der Waals surface area contributed by atoms with Gasteiger partial charge in [0.25, 0.3) is 0 Å². The molecule has 142 valence electrons. The number of benzene rings is 2. The lowest BCUT2D eigenvalue weighted by Crippen LogP contribution is -2.02. The van der Waals surface area contributed by atoms with Crippen LogP contribution in [0.15, 0.2) is 77.0 Å². The fourth-order valence-corrected chi connectivity index (χ4v) is 2.65. The largest absolute Gasteiger partial charge is 0.497 e. The highest BCUT2D eigenvalue weighted by atomic mass is 16.5. The Hall–Kier alpha value is -3.67. The van der Waals surface area contributed by atoms with Gasteiger partial charge >= 0.3 is 0 Å². The molecule has 1 aromatic heterocycles. The fraction of sp³-hybridized carbons (Fsp3) is 0.136. The lowest BCUT2D eigenvalue weighted by molar-refractivity contribution is 0.414. The van der Waals surface area contributed by atoms with Gasteiger partial charge in [-0.3, -0.25) is 4.98 Å². The molecule has 3 rings (SSSR count). The third-order valence-corrected chi connectivity index (χ3v) is 4.16. The SMILES string of the molecule is C=N/C(=N\c1ccc(OC)cc1CNc1ccc(OC)cc1)c1cccnc1. The summed E-state index contributed by atoms with van der Waals surface area (Å²) in [6, 6.07) is 17.2. The topological polar surface area (TPSA) is 68.1 Å². The quantitative estimate of drug-likeness (QED) is 0.489. The molecular weight excluding hydrogens is 352 g/mol. The molecule has 0 amide bonds. The Bertz CT molecular complexity index is 954. The van der Waals surface area contributed by atoms with Crippen molar-refractivity contribution >= 4 is 23.9 Å². The zero-order valence-electron chi connectivity index (χ0n) is 15.9. The van der Waals surface area contributed by atoms with Gasteiger partial charge in [-0.05, 0) is 61.3 Å². The van der Waals surface area contributed by atoms with Crippen molar-refractivity contribution in [2.24, 2.45) is 9.98 Å². The van der Waals surface area contributed by atoms with Crippen LogP contribution in [0.25, 0.3) is 0 Å². The Kier molecular flexibility index (Phi) is 6.36. The number of rotatable bonds is 7. The Balaban J connectivity index is 1.88. The predicted octanol–water partition coefficient (Wildman–Crippen LogP) is 4.49. The van der Waals surface area contributed by atoms with Crippen LogP contribution in [0.3, 0.4) is 0 Å². The maximum absolute atomic E-state index is 5.37. The molecule has 28 heavy (non-hydrogen) atoms.